The Balaban J connectivity index is 0.00000128. The van der Waals surface area contributed by atoms with E-state index < -0.39 is 0 Å². The lowest BCUT2D eigenvalue weighted by Crippen LogP contribution is -2.00. The Morgan fingerprint density at radius 3 is 2.50 bits per heavy atom. The fraction of sp³-hybridized carbons (Fsp3) is 0.182. The Labute approximate surface area is 99.7 Å². The van der Waals surface area contributed by atoms with Crippen molar-refractivity contribution in [1.82, 2.24) is 9.78 Å². The van der Waals surface area contributed by atoms with Crippen LogP contribution in [0.1, 0.15) is 5.56 Å². The zero-order chi connectivity index (χ0) is 10.7. The summed E-state index contributed by atoms with van der Waals surface area (Å²) in [6.07, 6.45) is 1.87. The summed E-state index contributed by atoms with van der Waals surface area (Å²) < 4.78 is 14.3. The molecule has 3 nitrogen and oxygen atoms in total. The van der Waals surface area contributed by atoms with Crippen LogP contribution in [-0.4, -0.2) is 9.78 Å². The van der Waals surface area contributed by atoms with Crippen molar-refractivity contribution < 1.29 is 4.39 Å². The number of nitrogens with one attached hydrogen (secondary N) is 1. The van der Waals surface area contributed by atoms with Crippen LogP contribution in [0.5, 0.6) is 0 Å². The predicted octanol–water partition coefficient (Wildman–Crippen LogP) is 2.59. The van der Waals surface area contributed by atoms with Crippen LogP contribution < -0.4 is 5.32 Å². The molecule has 0 aliphatic carbocycles. The van der Waals surface area contributed by atoms with Crippen LogP contribution in [0.2, 0.25) is 0 Å². The first-order chi connectivity index (χ1) is 7.24. The van der Waals surface area contributed by atoms with Gasteiger partial charge in [-0.15, -0.1) is 12.4 Å². The number of hydrogen-bond acceptors (Lipinski definition) is 2. The average molecular weight is 242 g/mol. The molecule has 5 heteroatoms. The number of halogens is 2. The van der Waals surface area contributed by atoms with Crippen molar-refractivity contribution in [2.24, 2.45) is 7.05 Å². The maximum Gasteiger partial charge on any atom is 0.148 e. The van der Waals surface area contributed by atoms with Gasteiger partial charge in [-0.2, -0.15) is 5.10 Å². The van der Waals surface area contributed by atoms with Crippen LogP contribution in [0.3, 0.4) is 0 Å². The molecule has 0 radical (unpaired) electrons. The summed E-state index contributed by atoms with van der Waals surface area (Å²) in [6.45, 7) is 0.650. The standard InChI is InChI=1S/C11H12FN3.ClH/c1-15-7-6-11(14-15)13-8-9-2-4-10(12)5-3-9;/h2-7H,8H2,1H3,(H,13,14);1H. The molecule has 1 aromatic heterocycles. The smallest absolute Gasteiger partial charge is 0.148 e. The number of benzene rings is 1. The van der Waals surface area contributed by atoms with E-state index in [1.807, 2.05) is 19.3 Å². The normalized spacial score (nSPS) is 9.62. The van der Waals surface area contributed by atoms with E-state index in [1.165, 1.54) is 12.1 Å². The van der Waals surface area contributed by atoms with Crippen molar-refractivity contribution >= 4 is 18.2 Å². The van der Waals surface area contributed by atoms with Crippen LogP contribution in [0.25, 0.3) is 0 Å². The maximum absolute atomic E-state index is 12.6. The number of rotatable bonds is 3. The predicted molar refractivity (Wildman–Crippen MR) is 64.2 cm³/mol. The van der Waals surface area contributed by atoms with E-state index in [-0.39, 0.29) is 18.2 Å². The van der Waals surface area contributed by atoms with Crippen molar-refractivity contribution in [2.45, 2.75) is 6.54 Å². The van der Waals surface area contributed by atoms with Gasteiger partial charge in [0.2, 0.25) is 0 Å². The topological polar surface area (TPSA) is 29.9 Å². The molecule has 0 amide bonds. The van der Waals surface area contributed by atoms with E-state index in [4.69, 9.17) is 0 Å². The quantitative estimate of drug-likeness (QED) is 0.895. The van der Waals surface area contributed by atoms with E-state index >= 15 is 0 Å². The van der Waals surface area contributed by atoms with Crippen LogP contribution in [-0.2, 0) is 13.6 Å². The molecule has 0 aliphatic heterocycles. The summed E-state index contributed by atoms with van der Waals surface area (Å²) in [6, 6.07) is 8.31. The van der Waals surface area contributed by atoms with Gasteiger partial charge in [-0.3, -0.25) is 4.68 Å². The first-order valence-electron chi connectivity index (χ1n) is 4.72. The lowest BCUT2D eigenvalue weighted by Gasteiger charge is -2.02. The van der Waals surface area contributed by atoms with Crippen molar-refractivity contribution in [3.05, 3.63) is 47.9 Å². The highest BCUT2D eigenvalue weighted by atomic mass is 35.5. The first-order valence-corrected chi connectivity index (χ1v) is 4.72. The third-order valence-electron chi connectivity index (χ3n) is 2.10. The molecule has 2 aromatic rings. The number of aryl methyl sites for hydroxylation is 1. The number of hydrogen-bond donors (Lipinski definition) is 1. The second kappa shape index (κ2) is 5.51. The van der Waals surface area contributed by atoms with Gasteiger partial charge < -0.3 is 5.32 Å². The van der Waals surface area contributed by atoms with Gasteiger partial charge in [-0.05, 0) is 17.7 Å². The minimum Gasteiger partial charge on any atom is -0.365 e. The van der Waals surface area contributed by atoms with Crippen molar-refractivity contribution in [3.8, 4) is 0 Å². The van der Waals surface area contributed by atoms with Crippen molar-refractivity contribution in [1.29, 1.82) is 0 Å². The molecule has 0 fully saturated rings. The number of aromatic nitrogens is 2. The van der Waals surface area contributed by atoms with Gasteiger partial charge in [-0.1, -0.05) is 12.1 Å². The molecule has 0 saturated heterocycles. The van der Waals surface area contributed by atoms with Gasteiger partial charge in [0.05, 0.1) is 0 Å². The Morgan fingerprint density at radius 1 is 1.25 bits per heavy atom. The molecule has 1 aromatic carbocycles. The number of anilines is 1. The lowest BCUT2D eigenvalue weighted by molar-refractivity contribution is 0.627. The fourth-order valence-electron chi connectivity index (χ4n) is 1.30. The summed E-state index contributed by atoms with van der Waals surface area (Å²) in [5.41, 5.74) is 1.03. The van der Waals surface area contributed by atoms with E-state index in [1.54, 1.807) is 16.8 Å². The third kappa shape index (κ3) is 3.24. The zero-order valence-corrected chi connectivity index (χ0v) is 9.67. The highest BCUT2D eigenvalue weighted by molar-refractivity contribution is 5.85. The molecule has 0 saturated carbocycles. The fourth-order valence-corrected chi connectivity index (χ4v) is 1.30. The molecule has 16 heavy (non-hydrogen) atoms. The molecule has 0 unspecified atom stereocenters. The Hall–Kier alpha value is -1.55. The van der Waals surface area contributed by atoms with Gasteiger partial charge in [0.1, 0.15) is 11.6 Å². The highest BCUT2D eigenvalue weighted by Crippen LogP contribution is 2.06. The molecular formula is C11H13ClFN3. The van der Waals surface area contributed by atoms with Crippen molar-refractivity contribution in [2.75, 3.05) is 5.32 Å². The molecule has 86 valence electrons. The monoisotopic (exact) mass is 241 g/mol. The second-order valence-electron chi connectivity index (χ2n) is 3.35. The summed E-state index contributed by atoms with van der Waals surface area (Å²) in [5, 5.41) is 7.32. The summed E-state index contributed by atoms with van der Waals surface area (Å²) in [5.74, 6) is 0.610. The molecule has 0 spiro atoms. The van der Waals surface area contributed by atoms with E-state index in [2.05, 4.69) is 10.4 Å². The Morgan fingerprint density at radius 2 is 1.94 bits per heavy atom. The number of nitrogens with zero attached hydrogens (tertiary/aromatic N) is 2. The van der Waals surface area contributed by atoms with Gasteiger partial charge in [-0.25, -0.2) is 4.39 Å². The molecule has 2 rings (SSSR count). The molecule has 0 bridgehead atoms. The largest absolute Gasteiger partial charge is 0.365 e. The van der Waals surface area contributed by atoms with Crippen LogP contribution >= 0.6 is 12.4 Å². The summed E-state index contributed by atoms with van der Waals surface area (Å²) >= 11 is 0. The third-order valence-corrected chi connectivity index (χ3v) is 2.10. The van der Waals surface area contributed by atoms with Crippen LogP contribution in [0.4, 0.5) is 10.2 Å². The molecule has 1 N–H and O–H groups in total. The van der Waals surface area contributed by atoms with Crippen LogP contribution in [0, 0.1) is 5.82 Å². The lowest BCUT2D eigenvalue weighted by atomic mass is 10.2. The van der Waals surface area contributed by atoms with E-state index in [0.29, 0.717) is 6.54 Å². The maximum atomic E-state index is 12.6. The molecule has 1 heterocycles. The van der Waals surface area contributed by atoms with Gasteiger partial charge >= 0.3 is 0 Å². The van der Waals surface area contributed by atoms with E-state index in [9.17, 15) is 4.39 Å². The summed E-state index contributed by atoms with van der Waals surface area (Å²) in [4.78, 5) is 0. The minimum absolute atomic E-state index is 0. The first kappa shape index (κ1) is 12.5. The molecular weight excluding hydrogens is 229 g/mol. The van der Waals surface area contributed by atoms with Gasteiger partial charge in [0.25, 0.3) is 0 Å². The van der Waals surface area contributed by atoms with E-state index in [0.717, 1.165) is 11.4 Å². The molecule has 0 atom stereocenters. The van der Waals surface area contributed by atoms with Crippen LogP contribution in [0.15, 0.2) is 36.5 Å². The zero-order valence-electron chi connectivity index (χ0n) is 8.85. The minimum atomic E-state index is -0.211. The van der Waals surface area contributed by atoms with Crippen molar-refractivity contribution in [3.63, 3.8) is 0 Å². The van der Waals surface area contributed by atoms with Gasteiger partial charge in [0, 0.05) is 25.9 Å². The SMILES string of the molecule is Cl.Cn1ccc(NCc2ccc(F)cc2)n1. The second-order valence-corrected chi connectivity index (χ2v) is 3.35. The average Bonchev–Trinajstić information content (AvgIpc) is 2.64. The Kier molecular flexibility index (Phi) is 4.31. The molecule has 0 aliphatic rings. The summed E-state index contributed by atoms with van der Waals surface area (Å²) in [7, 11) is 1.86. The highest BCUT2D eigenvalue weighted by Gasteiger charge is 1.96. The van der Waals surface area contributed by atoms with Gasteiger partial charge in [0.15, 0.2) is 0 Å². The Bertz CT molecular complexity index is 439.